The van der Waals surface area contributed by atoms with E-state index in [9.17, 15) is 0 Å². The Morgan fingerprint density at radius 3 is 1.40 bits per heavy atom. The second-order valence-corrected chi connectivity index (χ2v) is 19.3. The monoisotopic (exact) mass is 798 g/mol. The van der Waals surface area contributed by atoms with Gasteiger partial charge in [0.1, 0.15) is 0 Å². The van der Waals surface area contributed by atoms with Crippen LogP contribution in [-0.4, -0.2) is 33.0 Å². The maximum atomic E-state index is 4.56. The van der Waals surface area contributed by atoms with Crippen molar-refractivity contribution in [1.82, 2.24) is 19.6 Å². The van der Waals surface area contributed by atoms with Crippen molar-refractivity contribution in [3.63, 3.8) is 0 Å². The predicted octanol–water partition coefficient (Wildman–Crippen LogP) is 7.82. The van der Waals surface area contributed by atoms with Crippen molar-refractivity contribution in [2.75, 3.05) is 0 Å². The maximum absolute atomic E-state index is 4.56. The number of rotatable bonds is 4. The molecule has 0 atom stereocenters. The summed E-state index contributed by atoms with van der Waals surface area (Å²) in [5.74, 6) is 0. The Hall–Kier alpha value is -5.25. The van der Waals surface area contributed by atoms with Crippen molar-refractivity contribution in [3.8, 4) is 11.4 Å². The number of nitrogens with zero attached hydrogens (tertiary/aromatic N) is 4. The normalized spacial score (nSPS) is 15.2. The molecule has 0 saturated carbocycles. The van der Waals surface area contributed by atoms with Gasteiger partial charge in [-0.2, -0.15) is 10.2 Å². The van der Waals surface area contributed by atoms with Crippen molar-refractivity contribution in [1.29, 1.82) is 0 Å². The summed E-state index contributed by atoms with van der Waals surface area (Å²) in [4.78, 5) is 10.8. The van der Waals surface area contributed by atoms with E-state index < -0.39 is 0 Å². The Labute approximate surface area is 348 Å². The van der Waals surface area contributed by atoms with Crippen LogP contribution in [0.2, 0.25) is 0 Å². The molecule has 0 unspecified atom stereocenters. The minimum Gasteiger partial charge on any atom is -0.241 e. The average molecular weight is 799 g/mol. The van der Waals surface area contributed by atoms with E-state index in [0.29, 0.717) is 0 Å². The maximum Gasteiger partial charge on any atom is 0.247 e. The van der Waals surface area contributed by atoms with Gasteiger partial charge in [0, 0.05) is 64.0 Å². The summed E-state index contributed by atoms with van der Waals surface area (Å²) < 4.78 is 3.94. The Balaban J connectivity index is 0.885. The lowest BCUT2D eigenvalue weighted by molar-refractivity contribution is 0.880. The van der Waals surface area contributed by atoms with Gasteiger partial charge in [-0.15, -0.1) is 0 Å². The van der Waals surface area contributed by atoms with Crippen molar-refractivity contribution < 1.29 is 0 Å². The number of aromatic nitrogens is 4. The van der Waals surface area contributed by atoms with Gasteiger partial charge in [-0.25, -0.2) is 9.36 Å². The Kier molecular flexibility index (Phi) is 7.26. The molecule has 2 aromatic heterocycles. The Morgan fingerprint density at radius 2 is 0.912 bits per heavy atom. The van der Waals surface area contributed by atoms with Gasteiger partial charge < -0.3 is 0 Å². The Morgan fingerprint density at radius 1 is 0.456 bits per heavy atom. The molecule has 0 saturated heterocycles. The summed E-state index contributed by atoms with van der Waals surface area (Å²) in [7, 11) is 0. The summed E-state index contributed by atoms with van der Waals surface area (Å²) in [5, 5.41) is 9.13. The molecule has 8 aromatic rings. The fourth-order valence-electron chi connectivity index (χ4n) is 9.28. The fraction of sp³-hybridized carbons (Fsp3) is 0.0213. The Bertz CT molecular complexity index is 3050. The third-order valence-corrected chi connectivity index (χ3v) is 16.5. The largest absolute Gasteiger partial charge is 0.247 e. The van der Waals surface area contributed by atoms with Crippen LogP contribution in [0.15, 0.2) is 197 Å². The molecule has 4 nitrogen and oxygen atoms in total. The van der Waals surface area contributed by atoms with Crippen LogP contribution in [0.5, 0.6) is 0 Å². The summed E-state index contributed by atoms with van der Waals surface area (Å²) in [6.07, 6.45) is 13.5. The van der Waals surface area contributed by atoms with Gasteiger partial charge in [-0.05, 0) is 125 Å². The van der Waals surface area contributed by atoms with Gasteiger partial charge in [0.05, 0.1) is 11.4 Å². The third kappa shape index (κ3) is 5.10. The molecule has 13 rings (SSSR count). The lowest BCUT2D eigenvalue weighted by atomic mass is 9.36. The summed E-state index contributed by atoms with van der Waals surface area (Å²) in [6, 6.07) is 45.6. The SMILES string of the molecule is C1=C(c2ccc3c(c2)B2c4cc(-n5cccn5)ccc4Sc4cccc(c42)S3)C=C(c2ccc3c(c2)B2c4cc(-n5cccn5)ccc4Sc4cccc(c42)S3)C1. The molecule has 266 valence electrons. The molecule has 5 aliphatic rings. The van der Waals surface area contributed by atoms with Crippen molar-refractivity contribution in [2.24, 2.45) is 0 Å². The first-order chi connectivity index (χ1) is 28.2. The van der Waals surface area contributed by atoms with Crippen LogP contribution < -0.4 is 32.8 Å². The molecular formula is C47H28B2N4S4. The lowest BCUT2D eigenvalue weighted by Crippen LogP contribution is -2.58. The van der Waals surface area contributed by atoms with Crippen molar-refractivity contribution in [3.05, 3.63) is 169 Å². The van der Waals surface area contributed by atoms with Crippen LogP contribution in [0, 0.1) is 0 Å². The molecule has 6 aromatic carbocycles. The first kappa shape index (κ1) is 32.8. The predicted molar refractivity (Wildman–Crippen MR) is 239 cm³/mol. The summed E-state index contributed by atoms with van der Waals surface area (Å²) in [5.41, 5.74) is 15.9. The topological polar surface area (TPSA) is 35.6 Å². The molecule has 0 spiro atoms. The smallest absolute Gasteiger partial charge is 0.241 e. The van der Waals surface area contributed by atoms with E-state index in [1.165, 1.54) is 94.2 Å². The second kappa shape index (κ2) is 12.6. The first-order valence-electron chi connectivity index (χ1n) is 19.1. The van der Waals surface area contributed by atoms with Crippen LogP contribution in [0.25, 0.3) is 22.5 Å². The van der Waals surface area contributed by atoms with E-state index in [1.54, 1.807) is 0 Å². The molecule has 0 amide bonds. The minimum absolute atomic E-state index is 0.167. The van der Waals surface area contributed by atoms with E-state index >= 15 is 0 Å². The molecular weight excluding hydrogens is 770 g/mol. The number of allylic oxidation sites excluding steroid dienone is 4. The van der Waals surface area contributed by atoms with Crippen LogP contribution in [0.1, 0.15) is 17.5 Å². The van der Waals surface area contributed by atoms with Crippen LogP contribution in [-0.2, 0) is 0 Å². The quantitative estimate of drug-likeness (QED) is 0.169. The van der Waals surface area contributed by atoms with E-state index in [-0.39, 0.29) is 13.4 Å². The molecule has 4 aliphatic heterocycles. The van der Waals surface area contributed by atoms with Crippen LogP contribution >= 0.6 is 47.0 Å². The van der Waals surface area contributed by atoms with Gasteiger partial charge in [0.2, 0.25) is 13.4 Å². The first-order valence-corrected chi connectivity index (χ1v) is 22.4. The second-order valence-electron chi connectivity index (χ2n) is 15.0. The highest BCUT2D eigenvalue weighted by molar-refractivity contribution is 8.02. The molecule has 10 heteroatoms. The molecule has 1 aliphatic carbocycles. The number of benzene rings is 6. The van der Waals surface area contributed by atoms with Gasteiger partial charge in [0.25, 0.3) is 0 Å². The lowest BCUT2D eigenvalue weighted by Gasteiger charge is -2.33. The van der Waals surface area contributed by atoms with E-state index in [4.69, 9.17) is 0 Å². The molecule has 0 N–H and O–H groups in total. The molecule has 0 radical (unpaired) electrons. The van der Waals surface area contributed by atoms with E-state index in [0.717, 1.165) is 17.8 Å². The van der Waals surface area contributed by atoms with Gasteiger partial charge in [-0.1, -0.05) is 117 Å². The zero-order chi connectivity index (χ0) is 37.2. The highest BCUT2D eigenvalue weighted by Crippen LogP contribution is 2.42. The molecule has 57 heavy (non-hydrogen) atoms. The van der Waals surface area contributed by atoms with Crippen molar-refractivity contribution >= 4 is 104 Å². The van der Waals surface area contributed by atoms with Gasteiger partial charge in [-0.3, -0.25) is 0 Å². The van der Waals surface area contributed by atoms with Crippen LogP contribution in [0.3, 0.4) is 0 Å². The minimum atomic E-state index is 0.167. The number of hydrogen-bond acceptors (Lipinski definition) is 6. The zero-order valence-corrected chi connectivity index (χ0v) is 33.6. The van der Waals surface area contributed by atoms with Gasteiger partial charge in [0.15, 0.2) is 0 Å². The van der Waals surface area contributed by atoms with E-state index in [2.05, 4.69) is 132 Å². The summed E-state index contributed by atoms with van der Waals surface area (Å²) in [6.45, 7) is 0.339. The third-order valence-electron chi connectivity index (χ3n) is 11.9. The van der Waals surface area contributed by atoms with Crippen molar-refractivity contribution in [2.45, 2.75) is 45.6 Å². The average Bonchev–Trinajstić information content (AvgIpc) is 4.08. The molecule has 6 heterocycles. The standard InChI is InChI=1S/C47H28B2N4S4/c1-5-42-46-44(7-1)56-40-17-13-32(52-21-3-19-50-52)26-36(40)48(46)34-24-30(11-15-38(34)54-42)28-9-10-29(23-28)31-12-16-39-35(25-31)49-37-27-33(53-22-4-20-51-53)14-18-41(37)57-45-8-2-6-43(55-39)47(45)49/h1-9,11-27H,10H2. The highest BCUT2D eigenvalue weighted by atomic mass is 32.2. The van der Waals surface area contributed by atoms with Gasteiger partial charge >= 0.3 is 0 Å². The number of hydrogen-bond donors (Lipinski definition) is 0. The molecule has 0 fully saturated rings. The molecule has 0 bridgehead atoms. The van der Waals surface area contributed by atoms with Crippen LogP contribution in [0.4, 0.5) is 0 Å². The highest BCUT2D eigenvalue weighted by Gasteiger charge is 2.40. The van der Waals surface area contributed by atoms with E-state index in [1.807, 2.05) is 93.3 Å². The zero-order valence-electron chi connectivity index (χ0n) is 30.3. The number of fused-ring (bicyclic) bond motifs is 8. The fourth-order valence-corrected chi connectivity index (χ4v) is 14.0. The summed E-state index contributed by atoms with van der Waals surface area (Å²) >= 11 is 7.62.